The molecule has 4 heteroatoms. The van der Waals surface area contributed by atoms with Gasteiger partial charge in [0.25, 0.3) is 0 Å². The second-order valence-electron chi connectivity index (χ2n) is 6.15. The number of carbonyl (C=O) groups excluding carboxylic acids is 1. The van der Waals surface area contributed by atoms with Crippen LogP contribution in [0.2, 0.25) is 0 Å². The molecule has 1 fully saturated rings. The summed E-state index contributed by atoms with van der Waals surface area (Å²) in [5, 5.41) is 3.50. The topological polar surface area (TPSA) is 38.3 Å². The van der Waals surface area contributed by atoms with E-state index in [0.29, 0.717) is 12.6 Å². The highest BCUT2D eigenvalue weighted by Crippen LogP contribution is 2.29. The first-order valence-corrected chi connectivity index (χ1v) is 7.61. The second-order valence-corrected chi connectivity index (χ2v) is 6.15. The molecule has 3 nitrogen and oxygen atoms in total. The summed E-state index contributed by atoms with van der Waals surface area (Å²) in [5.74, 6) is 0.364. The van der Waals surface area contributed by atoms with E-state index in [0.717, 1.165) is 17.4 Å². The van der Waals surface area contributed by atoms with E-state index >= 15 is 0 Å². The molecule has 2 rings (SSSR count). The highest BCUT2D eigenvalue weighted by atomic mass is 19.1. The van der Waals surface area contributed by atoms with Crippen LogP contribution in [0.5, 0.6) is 0 Å². The minimum absolute atomic E-state index is 0.0126. The smallest absolute Gasteiger partial charge is 0.340 e. The minimum Gasteiger partial charge on any atom is -0.465 e. The number of nitrogens with one attached hydrogen (secondary N) is 1. The largest absolute Gasteiger partial charge is 0.465 e. The molecule has 3 unspecified atom stereocenters. The van der Waals surface area contributed by atoms with E-state index in [-0.39, 0.29) is 5.56 Å². The van der Waals surface area contributed by atoms with Crippen LogP contribution in [-0.4, -0.2) is 19.1 Å². The van der Waals surface area contributed by atoms with Crippen molar-refractivity contribution in [3.05, 3.63) is 35.1 Å². The Hall–Kier alpha value is -1.42. The van der Waals surface area contributed by atoms with Crippen molar-refractivity contribution in [3.63, 3.8) is 0 Å². The quantitative estimate of drug-likeness (QED) is 0.863. The Morgan fingerprint density at radius 3 is 2.71 bits per heavy atom. The lowest BCUT2D eigenvalue weighted by molar-refractivity contribution is 0.0595. The van der Waals surface area contributed by atoms with Crippen molar-refractivity contribution in [2.24, 2.45) is 11.8 Å². The third-order valence-corrected chi connectivity index (χ3v) is 4.63. The molecule has 1 aliphatic rings. The number of methoxy groups -OCH3 is 1. The molecule has 21 heavy (non-hydrogen) atoms. The lowest BCUT2D eigenvalue weighted by atomic mass is 9.79. The Morgan fingerprint density at radius 2 is 2.10 bits per heavy atom. The van der Waals surface area contributed by atoms with Gasteiger partial charge in [0.05, 0.1) is 12.7 Å². The Kier molecular flexibility index (Phi) is 5.34. The van der Waals surface area contributed by atoms with Crippen LogP contribution in [0.4, 0.5) is 4.39 Å². The van der Waals surface area contributed by atoms with E-state index in [1.165, 1.54) is 38.5 Å². The molecule has 0 amide bonds. The molecule has 1 saturated carbocycles. The number of hydrogen-bond acceptors (Lipinski definition) is 3. The maximum absolute atomic E-state index is 13.8. The Labute approximate surface area is 125 Å². The Balaban J connectivity index is 1.92. The van der Waals surface area contributed by atoms with Crippen LogP contribution in [0.15, 0.2) is 18.2 Å². The molecule has 1 aliphatic carbocycles. The number of halogens is 1. The van der Waals surface area contributed by atoms with E-state index in [1.54, 1.807) is 6.07 Å². The molecule has 0 saturated heterocycles. The summed E-state index contributed by atoms with van der Waals surface area (Å²) in [6.07, 6.45) is 3.59. The highest BCUT2D eigenvalue weighted by Gasteiger charge is 2.24. The molecule has 0 bridgehead atoms. The summed E-state index contributed by atoms with van der Waals surface area (Å²) in [6.45, 7) is 5.23. The summed E-state index contributed by atoms with van der Waals surface area (Å²) in [6, 6.07) is 5.18. The molecule has 0 radical (unpaired) electrons. The van der Waals surface area contributed by atoms with Crippen molar-refractivity contribution in [2.75, 3.05) is 7.11 Å². The van der Waals surface area contributed by atoms with E-state index in [4.69, 9.17) is 0 Å². The van der Waals surface area contributed by atoms with Gasteiger partial charge in [0.2, 0.25) is 0 Å². The highest BCUT2D eigenvalue weighted by molar-refractivity contribution is 5.89. The molecule has 0 heterocycles. The van der Waals surface area contributed by atoms with E-state index < -0.39 is 11.8 Å². The van der Waals surface area contributed by atoms with E-state index in [1.807, 2.05) is 0 Å². The van der Waals surface area contributed by atoms with E-state index in [9.17, 15) is 9.18 Å². The lowest BCUT2D eigenvalue weighted by Crippen LogP contribution is -2.35. The third-order valence-electron chi connectivity index (χ3n) is 4.63. The van der Waals surface area contributed by atoms with Gasteiger partial charge < -0.3 is 10.1 Å². The van der Waals surface area contributed by atoms with Crippen LogP contribution < -0.4 is 5.32 Å². The van der Waals surface area contributed by atoms with Crippen LogP contribution >= 0.6 is 0 Å². The fourth-order valence-electron chi connectivity index (χ4n) is 2.94. The predicted molar refractivity (Wildman–Crippen MR) is 80.5 cm³/mol. The molecule has 1 N–H and O–H groups in total. The number of carbonyl (C=O) groups is 1. The van der Waals surface area contributed by atoms with Crippen molar-refractivity contribution >= 4 is 5.97 Å². The van der Waals surface area contributed by atoms with Gasteiger partial charge in [-0.05, 0) is 48.8 Å². The zero-order chi connectivity index (χ0) is 15.4. The maximum atomic E-state index is 13.8. The molecule has 0 spiro atoms. The normalized spacial score (nSPS) is 25.6. The van der Waals surface area contributed by atoms with Crippen molar-refractivity contribution in [1.29, 1.82) is 0 Å². The van der Waals surface area contributed by atoms with Crippen LogP contribution in [0.25, 0.3) is 0 Å². The van der Waals surface area contributed by atoms with Gasteiger partial charge in [-0.2, -0.15) is 0 Å². The summed E-state index contributed by atoms with van der Waals surface area (Å²) >= 11 is 0. The number of hydrogen-bond donors (Lipinski definition) is 1. The van der Waals surface area contributed by atoms with Gasteiger partial charge in [-0.25, -0.2) is 9.18 Å². The predicted octanol–water partition coefficient (Wildman–Crippen LogP) is 3.53. The average Bonchev–Trinajstić information content (AvgIpc) is 2.48. The zero-order valence-electron chi connectivity index (χ0n) is 13.0. The number of rotatable bonds is 4. The number of ether oxygens (including phenoxy) is 1. The first-order valence-electron chi connectivity index (χ1n) is 7.61. The third kappa shape index (κ3) is 4.03. The van der Waals surface area contributed by atoms with Gasteiger partial charge in [0, 0.05) is 12.6 Å². The van der Waals surface area contributed by atoms with Gasteiger partial charge in [-0.15, -0.1) is 0 Å². The van der Waals surface area contributed by atoms with Crippen molar-refractivity contribution in [2.45, 2.75) is 45.7 Å². The standard InChI is InChI=1S/C17H24FNO2/c1-11-4-6-14(8-12(11)2)19-10-13-5-7-15(16(18)9-13)17(20)21-3/h5,7,9,11-12,14,19H,4,6,8,10H2,1-3H3. The van der Waals surface area contributed by atoms with Gasteiger partial charge >= 0.3 is 5.97 Å². The summed E-state index contributed by atoms with van der Waals surface area (Å²) in [7, 11) is 1.25. The number of esters is 1. The van der Waals surface area contributed by atoms with Crippen LogP contribution in [0.3, 0.4) is 0 Å². The van der Waals surface area contributed by atoms with E-state index in [2.05, 4.69) is 23.9 Å². The molecule has 116 valence electrons. The van der Waals surface area contributed by atoms with Gasteiger partial charge in [0.1, 0.15) is 5.82 Å². The van der Waals surface area contributed by atoms with Crippen LogP contribution in [0.1, 0.15) is 49.0 Å². The fourth-order valence-corrected chi connectivity index (χ4v) is 2.94. The molecular formula is C17H24FNO2. The Morgan fingerprint density at radius 1 is 1.33 bits per heavy atom. The summed E-state index contributed by atoms with van der Waals surface area (Å²) in [4.78, 5) is 11.3. The van der Waals surface area contributed by atoms with Gasteiger partial charge in [-0.1, -0.05) is 19.9 Å². The fraction of sp³-hybridized carbons (Fsp3) is 0.588. The van der Waals surface area contributed by atoms with Gasteiger partial charge in [0.15, 0.2) is 0 Å². The monoisotopic (exact) mass is 293 g/mol. The minimum atomic E-state index is -0.637. The SMILES string of the molecule is COC(=O)c1ccc(CNC2CCC(C)C(C)C2)cc1F. The first kappa shape index (κ1) is 16.0. The summed E-state index contributed by atoms with van der Waals surface area (Å²) in [5.41, 5.74) is 0.841. The lowest BCUT2D eigenvalue weighted by Gasteiger charge is -2.32. The Bertz CT molecular complexity index is 504. The zero-order valence-corrected chi connectivity index (χ0v) is 13.0. The molecule has 0 aliphatic heterocycles. The molecule has 3 atom stereocenters. The van der Waals surface area contributed by atoms with Crippen molar-refractivity contribution in [1.82, 2.24) is 5.32 Å². The van der Waals surface area contributed by atoms with Gasteiger partial charge in [-0.3, -0.25) is 0 Å². The average molecular weight is 293 g/mol. The maximum Gasteiger partial charge on any atom is 0.340 e. The number of benzene rings is 1. The molecular weight excluding hydrogens is 269 g/mol. The van der Waals surface area contributed by atoms with Crippen LogP contribution in [-0.2, 0) is 11.3 Å². The van der Waals surface area contributed by atoms with Crippen molar-refractivity contribution < 1.29 is 13.9 Å². The van der Waals surface area contributed by atoms with Crippen LogP contribution in [0, 0.1) is 17.7 Å². The van der Waals surface area contributed by atoms with Crippen molar-refractivity contribution in [3.8, 4) is 0 Å². The molecule has 0 aromatic heterocycles. The molecule has 1 aromatic carbocycles. The molecule has 1 aromatic rings. The first-order chi connectivity index (χ1) is 10.0. The second kappa shape index (κ2) is 7.03. The summed E-state index contributed by atoms with van der Waals surface area (Å²) < 4.78 is 18.4.